The Kier molecular flexibility index (Phi) is 8.51. The number of carbonyl (C=O) groups excluding carboxylic acids is 1. The lowest BCUT2D eigenvalue weighted by atomic mass is 10.0. The van der Waals surface area contributed by atoms with Crippen LogP contribution in [0.3, 0.4) is 0 Å². The monoisotopic (exact) mass is 525 g/mol. The standard InChI is InChI=1S/C31H39N7O/c1-23-34-31(26-15-16-32-29(21-26)33-17-18-36(2)3)35-38(23)20-19-37(27-12-5-6-13-27)30(39)22-25-11-8-10-24-9-4-7-14-28(24)25/h4,7-11,14-16,21,27H,5-6,12-13,17-20,22H2,1-3H3,(H,32,33). The van der Waals surface area contributed by atoms with Crippen molar-refractivity contribution in [3.8, 4) is 11.4 Å². The molecule has 8 heteroatoms. The fraction of sp³-hybridized carbons (Fsp3) is 0.419. The molecule has 1 saturated carbocycles. The van der Waals surface area contributed by atoms with Crippen LogP contribution in [0, 0.1) is 6.92 Å². The Morgan fingerprint density at radius 3 is 2.67 bits per heavy atom. The first-order chi connectivity index (χ1) is 19.0. The van der Waals surface area contributed by atoms with E-state index in [1.807, 2.05) is 41.9 Å². The number of hydrogen-bond donors (Lipinski definition) is 1. The summed E-state index contributed by atoms with van der Waals surface area (Å²) in [6, 6.07) is 18.8. The molecule has 8 nitrogen and oxygen atoms in total. The van der Waals surface area contributed by atoms with Gasteiger partial charge in [-0.05, 0) is 62.3 Å². The molecule has 4 aromatic rings. The van der Waals surface area contributed by atoms with Crippen LogP contribution in [0.2, 0.25) is 0 Å². The van der Waals surface area contributed by atoms with Crippen molar-refractivity contribution in [2.45, 2.75) is 51.6 Å². The summed E-state index contributed by atoms with van der Waals surface area (Å²) in [5.41, 5.74) is 2.02. The molecule has 0 spiro atoms. The predicted molar refractivity (Wildman–Crippen MR) is 157 cm³/mol. The van der Waals surface area contributed by atoms with Crippen LogP contribution in [0.5, 0.6) is 0 Å². The Hall–Kier alpha value is -3.78. The third-order valence-electron chi connectivity index (χ3n) is 7.60. The summed E-state index contributed by atoms with van der Waals surface area (Å²) in [4.78, 5) is 27.1. The number of aryl methyl sites for hydroxylation is 1. The van der Waals surface area contributed by atoms with Crippen molar-refractivity contribution < 1.29 is 4.79 Å². The number of hydrogen-bond acceptors (Lipinski definition) is 6. The summed E-state index contributed by atoms with van der Waals surface area (Å²) < 4.78 is 1.93. The summed E-state index contributed by atoms with van der Waals surface area (Å²) in [5.74, 6) is 2.53. The molecule has 1 amide bonds. The van der Waals surface area contributed by atoms with Gasteiger partial charge in [-0.1, -0.05) is 55.3 Å². The summed E-state index contributed by atoms with van der Waals surface area (Å²) in [6.07, 6.45) is 6.72. The number of pyridine rings is 1. The predicted octanol–water partition coefficient (Wildman–Crippen LogP) is 4.79. The largest absolute Gasteiger partial charge is 0.369 e. The van der Waals surface area contributed by atoms with E-state index in [0.717, 1.165) is 54.1 Å². The minimum absolute atomic E-state index is 0.193. The van der Waals surface area contributed by atoms with Crippen LogP contribution in [-0.4, -0.2) is 75.2 Å². The highest BCUT2D eigenvalue weighted by molar-refractivity contribution is 5.90. The fourth-order valence-corrected chi connectivity index (χ4v) is 5.47. The Labute approximate surface area is 231 Å². The van der Waals surface area contributed by atoms with Gasteiger partial charge in [0, 0.05) is 37.4 Å². The Morgan fingerprint density at radius 1 is 1.05 bits per heavy atom. The topological polar surface area (TPSA) is 79.2 Å². The molecule has 0 atom stereocenters. The van der Waals surface area contributed by atoms with Gasteiger partial charge in [-0.3, -0.25) is 4.79 Å². The normalized spacial score (nSPS) is 13.8. The molecule has 1 aliphatic rings. The Morgan fingerprint density at radius 2 is 1.85 bits per heavy atom. The number of carbonyl (C=O) groups is 1. The molecule has 2 heterocycles. The maximum absolute atomic E-state index is 13.7. The number of anilines is 1. The van der Waals surface area contributed by atoms with E-state index < -0.39 is 0 Å². The third kappa shape index (κ3) is 6.63. The summed E-state index contributed by atoms with van der Waals surface area (Å²) in [7, 11) is 4.10. The molecule has 2 aromatic carbocycles. The van der Waals surface area contributed by atoms with E-state index in [9.17, 15) is 4.79 Å². The third-order valence-corrected chi connectivity index (χ3v) is 7.60. The van der Waals surface area contributed by atoms with Gasteiger partial charge in [-0.25, -0.2) is 14.6 Å². The van der Waals surface area contributed by atoms with Gasteiger partial charge >= 0.3 is 0 Å². The number of nitrogens with zero attached hydrogens (tertiary/aromatic N) is 6. The van der Waals surface area contributed by atoms with Crippen LogP contribution >= 0.6 is 0 Å². The van der Waals surface area contributed by atoms with Crippen LogP contribution < -0.4 is 5.32 Å². The molecule has 39 heavy (non-hydrogen) atoms. The van der Waals surface area contributed by atoms with Crippen LogP contribution in [0.4, 0.5) is 5.82 Å². The minimum Gasteiger partial charge on any atom is -0.369 e. The molecule has 0 radical (unpaired) electrons. The van der Waals surface area contributed by atoms with Crippen LogP contribution in [-0.2, 0) is 17.8 Å². The lowest BCUT2D eigenvalue weighted by Crippen LogP contribution is -2.42. The highest BCUT2D eigenvalue weighted by atomic mass is 16.2. The quantitative estimate of drug-likeness (QED) is 0.303. The molecule has 204 valence electrons. The minimum atomic E-state index is 0.193. The molecular weight excluding hydrogens is 486 g/mol. The van der Waals surface area contributed by atoms with Gasteiger partial charge in [0.1, 0.15) is 11.6 Å². The summed E-state index contributed by atoms with van der Waals surface area (Å²) in [5, 5.41) is 10.5. The zero-order chi connectivity index (χ0) is 27.2. The maximum Gasteiger partial charge on any atom is 0.227 e. The second-order valence-electron chi connectivity index (χ2n) is 10.7. The fourth-order valence-electron chi connectivity index (χ4n) is 5.47. The summed E-state index contributed by atoms with van der Waals surface area (Å²) >= 11 is 0. The number of amides is 1. The van der Waals surface area contributed by atoms with Crippen molar-refractivity contribution in [1.29, 1.82) is 0 Å². The second kappa shape index (κ2) is 12.4. The van der Waals surface area contributed by atoms with Gasteiger partial charge in [0.25, 0.3) is 0 Å². The molecule has 1 fully saturated rings. The zero-order valence-corrected chi connectivity index (χ0v) is 23.3. The smallest absolute Gasteiger partial charge is 0.227 e. The van der Waals surface area contributed by atoms with Gasteiger partial charge in [-0.2, -0.15) is 5.10 Å². The van der Waals surface area contributed by atoms with Crippen molar-refractivity contribution in [3.63, 3.8) is 0 Å². The van der Waals surface area contributed by atoms with Crippen LogP contribution in [0.25, 0.3) is 22.2 Å². The Bertz CT molecular complexity index is 1400. The molecular formula is C31H39N7O. The van der Waals surface area contributed by atoms with Gasteiger partial charge < -0.3 is 15.1 Å². The van der Waals surface area contributed by atoms with E-state index in [2.05, 4.69) is 58.5 Å². The SMILES string of the molecule is Cc1nc(-c2ccnc(NCCN(C)C)c2)nn1CCN(C(=O)Cc1cccc2ccccc12)C1CCCC1. The van der Waals surface area contributed by atoms with Gasteiger partial charge in [0.2, 0.25) is 5.91 Å². The number of fused-ring (bicyclic) bond motifs is 1. The van der Waals surface area contributed by atoms with Crippen molar-refractivity contribution >= 4 is 22.5 Å². The highest BCUT2D eigenvalue weighted by Gasteiger charge is 2.27. The number of aromatic nitrogens is 4. The number of rotatable bonds is 11. The van der Waals surface area contributed by atoms with Crippen molar-refractivity contribution in [1.82, 2.24) is 29.5 Å². The average molecular weight is 526 g/mol. The molecule has 2 aromatic heterocycles. The first-order valence-electron chi connectivity index (χ1n) is 14.0. The van der Waals surface area contributed by atoms with E-state index in [1.54, 1.807) is 6.20 Å². The number of benzene rings is 2. The molecule has 1 aliphatic carbocycles. The average Bonchev–Trinajstić information content (AvgIpc) is 3.59. The summed E-state index contributed by atoms with van der Waals surface area (Å²) in [6.45, 7) is 4.97. The first-order valence-corrected chi connectivity index (χ1v) is 14.0. The van der Waals surface area contributed by atoms with E-state index in [4.69, 9.17) is 10.1 Å². The molecule has 1 N–H and O–H groups in total. The van der Waals surface area contributed by atoms with Crippen molar-refractivity contribution in [2.75, 3.05) is 39.0 Å². The first kappa shape index (κ1) is 26.8. The Balaban J connectivity index is 1.29. The van der Waals surface area contributed by atoms with Gasteiger partial charge in [0.15, 0.2) is 5.82 Å². The number of likely N-dealkylation sites (N-methyl/N-ethyl adjacent to an activating group) is 1. The molecule has 0 aliphatic heterocycles. The van der Waals surface area contributed by atoms with E-state index >= 15 is 0 Å². The maximum atomic E-state index is 13.7. The lowest BCUT2D eigenvalue weighted by molar-refractivity contribution is -0.132. The van der Waals surface area contributed by atoms with Gasteiger partial charge in [-0.15, -0.1) is 0 Å². The lowest BCUT2D eigenvalue weighted by Gasteiger charge is -2.29. The van der Waals surface area contributed by atoms with Crippen molar-refractivity contribution in [2.24, 2.45) is 0 Å². The van der Waals surface area contributed by atoms with E-state index in [-0.39, 0.29) is 5.91 Å². The van der Waals surface area contributed by atoms with E-state index in [1.165, 1.54) is 18.2 Å². The number of nitrogens with one attached hydrogen (secondary N) is 1. The molecule has 0 saturated heterocycles. The van der Waals surface area contributed by atoms with Gasteiger partial charge in [0.05, 0.1) is 13.0 Å². The second-order valence-corrected chi connectivity index (χ2v) is 10.7. The van der Waals surface area contributed by atoms with Crippen LogP contribution in [0.15, 0.2) is 60.8 Å². The zero-order valence-electron chi connectivity index (χ0n) is 23.3. The van der Waals surface area contributed by atoms with Crippen molar-refractivity contribution in [3.05, 3.63) is 72.2 Å². The highest BCUT2D eigenvalue weighted by Crippen LogP contribution is 2.26. The molecule has 0 unspecified atom stereocenters. The molecule has 5 rings (SSSR count). The molecule has 0 bridgehead atoms. The van der Waals surface area contributed by atoms with Crippen LogP contribution in [0.1, 0.15) is 37.1 Å². The van der Waals surface area contributed by atoms with E-state index in [0.29, 0.717) is 31.4 Å².